The number of pyridine rings is 1. The van der Waals surface area contributed by atoms with E-state index < -0.39 is 0 Å². The molecule has 0 fully saturated rings. The molecular weight excluding hydrogens is 242 g/mol. The summed E-state index contributed by atoms with van der Waals surface area (Å²) in [6.07, 6.45) is 3.81. The Morgan fingerprint density at radius 1 is 1.47 bits per heavy atom. The largest absolute Gasteiger partial charge is 0.480 e. The van der Waals surface area contributed by atoms with Gasteiger partial charge in [-0.15, -0.1) is 0 Å². The van der Waals surface area contributed by atoms with Crippen LogP contribution in [0.5, 0.6) is 5.75 Å². The fourth-order valence-electron chi connectivity index (χ4n) is 1.82. The van der Waals surface area contributed by atoms with Gasteiger partial charge >= 0.3 is 0 Å². The zero-order chi connectivity index (χ0) is 14.0. The minimum atomic E-state index is -0.254. The number of aromatic nitrogens is 2. The number of nitrogens with zero attached hydrogens (tertiary/aromatic N) is 2. The predicted molar refractivity (Wildman–Crippen MR) is 73.3 cm³/mol. The Morgan fingerprint density at radius 3 is 2.89 bits per heavy atom. The van der Waals surface area contributed by atoms with Crippen molar-refractivity contribution in [3.05, 3.63) is 30.2 Å². The van der Waals surface area contributed by atoms with Crippen LogP contribution in [0.2, 0.25) is 0 Å². The van der Waals surface area contributed by atoms with Crippen molar-refractivity contribution in [1.82, 2.24) is 14.7 Å². The number of fused-ring (bicyclic) bond motifs is 1. The summed E-state index contributed by atoms with van der Waals surface area (Å²) in [5.74, 6) is 0.470. The Labute approximate surface area is 112 Å². The molecule has 0 atom stereocenters. The van der Waals surface area contributed by atoms with Crippen molar-refractivity contribution in [3.8, 4) is 5.75 Å². The van der Waals surface area contributed by atoms with Gasteiger partial charge in [-0.25, -0.2) is 4.98 Å². The molecule has 0 aliphatic rings. The second-order valence-electron chi connectivity index (χ2n) is 5.57. The first-order valence-corrected chi connectivity index (χ1v) is 6.23. The highest BCUT2D eigenvalue weighted by Gasteiger charge is 2.14. The minimum absolute atomic E-state index is 0.0111. The Balaban J connectivity index is 2.08. The van der Waals surface area contributed by atoms with E-state index in [-0.39, 0.29) is 18.1 Å². The SMILES string of the molecule is Cc1cn2cccc(OCC(=O)NC(C)(C)C)c2n1. The fourth-order valence-corrected chi connectivity index (χ4v) is 1.82. The average Bonchev–Trinajstić information content (AvgIpc) is 2.64. The van der Waals surface area contributed by atoms with Crippen molar-refractivity contribution in [2.75, 3.05) is 6.61 Å². The van der Waals surface area contributed by atoms with Crippen molar-refractivity contribution >= 4 is 11.6 Å². The molecule has 0 aliphatic heterocycles. The van der Waals surface area contributed by atoms with Gasteiger partial charge in [0.2, 0.25) is 0 Å². The molecule has 0 saturated heterocycles. The summed E-state index contributed by atoms with van der Waals surface area (Å²) in [6.45, 7) is 7.71. The van der Waals surface area contributed by atoms with Gasteiger partial charge < -0.3 is 14.5 Å². The molecule has 2 rings (SSSR count). The van der Waals surface area contributed by atoms with Crippen molar-refractivity contribution in [2.45, 2.75) is 33.2 Å². The van der Waals surface area contributed by atoms with E-state index in [9.17, 15) is 4.79 Å². The third-order valence-corrected chi connectivity index (χ3v) is 2.44. The molecule has 0 saturated carbocycles. The minimum Gasteiger partial charge on any atom is -0.480 e. The number of hydrogen-bond donors (Lipinski definition) is 1. The number of hydrogen-bond acceptors (Lipinski definition) is 3. The van der Waals surface area contributed by atoms with Crippen LogP contribution in [-0.2, 0) is 4.79 Å². The van der Waals surface area contributed by atoms with Crippen LogP contribution >= 0.6 is 0 Å². The van der Waals surface area contributed by atoms with Crippen molar-refractivity contribution in [2.24, 2.45) is 0 Å². The number of rotatable bonds is 3. The van der Waals surface area contributed by atoms with E-state index >= 15 is 0 Å². The van der Waals surface area contributed by atoms with Gasteiger partial charge in [-0.1, -0.05) is 0 Å². The topological polar surface area (TPSA) is 55.6 Å². The van der Waals surface area contributed by atoms with Gasteiger partial charge in [-0.2, -0.15) is 0 Å². The zero-order valence-corrected chi connectivity index (χ0v) is 11.7. The van der Waals surface area contributed by atoms with Crippen LogP contribution in [0.1, 0.15) is 26.5 Å². The van der Waals surface area contributed by atoms with E-state index in [2.05, 4.69) is 10.3 Å². The summed E-state index contributed by atoms with van der Waals surface area (Å²) < 4.78 is 7.43. The van der Waals surface area contributed by atoms with Gasteiger partial charge in [-0.3, -0.25) is 4.79 Å². The highest BCUT2D eigenvalue weighted by atomic mass is 16.5. The normalized spacial score (nSPS) is 11.6. The molecule has 5 heteroatoms. The van der Waals surface area contributed by atoms with Crippen LogP contribution in [-0.4, -0.2) is 27.4 Å². The molecule has 5 nitrogen and oxygen atoms in total. The molecule has 0 spiro atoms. The van der Waals surface area contributed by atoms with Gasteiger partial charge in [0.25, 0.3) is 5.91 Å². The third kappa shape index (κ3) is 3.47. The number of aryl methyl sites for hydroxylation is 1. The maximum Gasteiger partial charge on any atom is 0.258 e. The van der Waals surface area contributed by atoms with Crippen LogP contribution < -0.4 is 10.1 Å². The average molecular weight is 261 g/mol. The van der Waals surface area contributed by atoms with Crippen LogP contribution in [0.3, 0.4) is 0 Å². The summed E-state index contributed by atoms with van der Waals surface area (Å²) in [6, 6.07) is 3.68. The first-order chi connectivity index (χ1) is 8.85. The Morgan fingerprint density at radius 2 is 2.21 bits per heavy atom. The van der Waals surface area contributed by atoms with Crippen LogP contribution in [0.15, 0.2) is 24.5 Å². The first kappa shape index (κ1) is 13.4. The molecule has 2 heterocycles. The van der Waals surface area contributed by atoms with E-state index in [4.69, 9.17) is 4.74 Å². The molecule has 19 heavy (non-hydrogen) atoms. The lowest BCUT2D eigenvalue weighted by molar-refractivity contribution is -0.124. The fraction of sp³-hybridized carbons (Fsp3) is 0.429. The highest BCUT2D eigenvalue weighted by molar-refractivity contribution is 5.78. The monoisotopic (exact) mass is 261 g/mol. The van der Waals surface area contributed by atoms with E-state index in [1.807, 2.05) is 56.6 Å². The Hall–Kier alpha value is -2.04. The quantitative estimate of drug-likeness (QED) is 0.918. The predicted octanol–water partition coefficient (Wildman–Crippen LogP) is 1.94. The number of imidazole rings is 1. The van der Waals surface area contributed by atoms with Crippen LogP contribution in [0.4, 0.5) is 0 Å². The maximum absolute atomic E-state index is 11.7. The number of amides is 1. The maximum atomic E-state index is 11.7. The summed E-state index contributed by atoms with van der Waals surface area (Å²) in [5, 5.41) is 2.85. The Kier molecular flexibility index (Phi) is 3.46. The van der Waals surface area contributed by atoms with Crippen LogP contribution in [0, 0.1) is 6.92 Å². The second kappa shape index (κ2) is 4.91. The lowest BCUT2D eigenvalue weighted by Gasteiger charge is -2.20. The van der Waals surface area contributed by atoms with E-state index in [1.54, 1.807) is 0 Å². The van der Waals surface area contributed by atoms with Gasteiger partial charge in [0.15, 0.2) is 18.0 Å². The summed E-state index contributed by atoms with van der Waals surface area (Å²) in [7, 11) is 0. The van der Waals surface area contributed by atoms with Crippen LogP contribution in [0.25, 0.3) is 5.65 Å². The molecule has 2 aromatic rings. The number of carbonyl (C=O) groups is 1. The van der Waals surface area contributed by atoms with Gasteiger partial charge in [0.1, 0.15) is 0 Å². The molecule has 1 N–H and O–H groups in total. The van der Waals surface area contributed by atoms with Crippen molar-refractivity contribution < 1.29 is 9.53 Å². The van der Waals surface area contributed by atoms with Gasteiger partial charge in [0, 0.05) is 17.9 Å². The number of nitrogens with one attached hydrogen (secondary N) is 1. The first-order valence-electron chi connectivity index (χ1n) is 6.23. The number of carbonyl (C=O) groups excluding carboxylic acids is 1. The highest BCUT2D eigenvalue weighted by Crippen LogP contribution is 2.18. The Bertz CT molecular complexity index is 596. The van der Waals surface area contributed by atoms with E-state index in [0.29, 0.717) is 5.75 Å². The number of ether oxygens (including phenoxy) is 1. The second-order valence-corrected chi connectivity index (χ2v) is 5.57. The summed E-state index contributed by atoms with van der Waals surface area (Å²) in [4.78, 5) is 16.1. The van der Waals surface area contributed by atoms with Gasteiger partial charge in [-0.05, 0) is 39.8 Å². The van der Waals surface area contributed by atoms with Gasteiger partial charge in [0.05, 0.1) is 5.69 Å². The van der Waals surface area contributed by atoms with E-state index in [1.165, 1.54) is 0 Å². The molecular formula is C14H19N3O2. The molecule has 2 aromatic heterocycles. The molecule has 0 bridgehead atoms. The molecule has 1 amide bonds. The zero-order valence-electron chi connectivity index (χ0n) is 11.7. The molecule has 0 aliphatic carbocycles. The lowest BCUT2D eigenvalue weighted by Crippen LogP contribution is -2.43. The molecule has 102 valence electrons. The standard InChI is InChI=1S/C14H19N3O2/c1-10-8-17-7-5-6-11(13(17)15-10)19-9-12(18)16-14(2,3)4/h5-8H,9H2,1-4H3,(H,16,18). The smallest absolute Gasteiger partial charge is 0.258 e. The molecule has 0 aromatic carbocycles. The molecule has 0 radical (unpaired) electrons. The summed E-state index contributed by atoms with van der Waals surface area (Å²) in [5.41, 5.74) is 1.38. The lowest BCUT2D eigenvalue weighted by atomic mass is 10.1. The van der Waals surface area contributed by atoms with Crippen molar-refractivity contribution in [1.29, 1.82) is 0 Å². The summed E-state index contributed by atoms with van der Waals surface area (Å²) >= 11 is 0. The third-order valence-electron chi connectivity index (χ3n) is 2.44. The van der Waals surface area contributed by atoms with Crippen molar-refractivity contribution in [3.63, 3.8) is 0 Å². The molecule has 0 unspecified atom stereocenters. The van der Waals surface area contributed by atoms with E-state index in [0.717, 1.165) is 11.3 Å².